The fourth-order valence-corrected chi connectivity index (χ4v) is 1.46. The minimum absolute atomic E-state index is 0.235. The van der Waals surface area contributed by atoms with Gasteiger partial charge in [0.2, 0.25) is 5.88 Å². The number of anilines is 1. The van der Waals surface area contributed by atoms with Crippen LogP contribution in [0.5, 0.6) is 11.6 Å². The lowest BCUT2D eigenvalue weighted by molar-refractivity contribution is 0.0957. The molecular formula is C13H14N4O2. The van der Waals surface area contributed by atoms with E-state index in [0.29, 0.717) is 17.3 Å². The number of benzene rings is 1. The van der Waals surface area contributed by atoms with Crippen LogP contribution in [0.3, 0.4) is 0 Å². The van der Waals surface area contributed by atoms with Crippen LogP contribution in [0.2, 0.25) is 0 Å². The van der Waals surface area contributed by atoms with Crippen molar-refractivity contribution >= 4 is 11.6 Å². The molecule has 1 aromatic carbocycles. The van der Waals surface area contributed by atoms with Crippen LogP contribution in [-0.4, -0.2) is 23.2 Å². The van der Waals surface area contributed by atoms with Crippen LogP contribution < -0.4 is 15.8 Å². The largest absolute Gasteiger partial charge is 0.437 e. The summed E-state index contributed by atoms with van der Waals surface area (Å²) in [6, 6.07) is 8.49. The van der Waals surface area contributed by atoms with Gasteiger partial charge < -0.3 is 15.8 Å². The molecule has 1 amide bonds. The van der Waals surface area contributed by atoms with Gasteiger partial charge in [-0.1, -0.05) is 6.07 Å². The summed E-state index contributed by atoms with van der Waals surface area (Å²) in [5.74, 6) is 0.627. The van der Waals surface area contributed by atoms with E-state index in [4.69, 9.17) is 10.5 Å². The zero-order chi connectivity index (χ0) is 13.8. The average Bonchev–Trinajstić information content (AvgIpc) is 2.43. The minimum atomic E-state index is -0.292. The van der Waals surface area contributed by atoms with Gasteiger partial charge in [0.25, 0.3) is 5.91 Å². The summed E-state index contributed by atoms with van der Waals surface area (Å²) in [5.41, 5.74) is 7.47. The van der Waals surface area contributed by atoms with E-state index in [0.717, 1.165) is 5.56 Å². The van der Waals surface area contributed by atoms with Crippen LogP contribution in [0.25, 0.3) is 0 Å². The molecule has 1 heterocycles. The molecule has 1 aromatic heterocycles. The number of nitrogen functional groups attached to an aromatic ring is 1. The first-order chi connectivity index (χ1) is 9.10. The third-order valence-electron chi connectivity index (χ3n) is 2.53. The fraction of sp³-hybridized carbons (Fsp3) is 0.154. The van der Waals surface area contributed by atoms with Gasteiger partial charge in [0.05, 0.1) is 0 Å². The number of nitrogens with two attached hydrogens (primary N) is 1. The number of nitrogens with one attached hydrogen (secondary N) is 1. The quantitative estimate of drug-likeness (QED) is 0.814. The molecule has 0 unspecified atom stereocenters. The van der Waals surface area contributed by atoms with Gasteiger partial charge in [-0.05, 0) is 24.6 Å². The zero-order valence-corrected chi connectivity index (χ0v) is 10.7. The number of carbonyl (C=O) groups is 1. The van der Waals surface area contributed by atoms with Crippen molar-refractivity contribution in [3.05, 3.63) is 41.6 Å². The first kappa shape index (κ1) is 12.8. The van der Waals surface area contributed by atoms with E-state index in [1.54, 1.807) is 24.3 Å². The molecule has 0 radical (unpaired) electrons. The van der Waals surface area contributed by atoms with Gasteiger partial charge in [-0.3, -0.25) is 4.79 Å². The number of rotatable bonds is 3. The van der Waals surface area contributed by atoms with Gasteiger partial charge in [0.1, 0.15) is 5.75 Å². The van der Waals surface area contributed by atoms with Crippen molar-refractivity contribution < 1.29 is 9.53 Å². The van der Waals surface area contributed by atoms with Crippen molar-refractivity contribution in [1.29, 1.82) is 0 Å². The summed E-state index contributed by atoms with van der Waals surface area (Å²) in [7, 11) is 1.53. The van der Waals surface area contributed by atoms with Gasteiger partial charge in [0.15, 0.2) is 5.69 Å². The molecule has 98 valence electrons. The molecular weight excluding hydrogens is 244 g/mol. The Hall–Kier alpha value is -2.63. The number of ether oxygens (including phenoxy) is 1. The molecule has 0 aliphatic heterocycles. The molecule has 0 spiro atoms. The lowest BCUT2D eigenvalue weighted by atomic mass is 10.2. The predicted molar refractivity (Wildman–Crippen MR) is 71.1 cm³/mol. The Labute approximate surface area is 110 Å². The van der Waals surface area contributed by atoms with Crippen molar-refractivity contribution in [2.24, 2.45) is 0 Å². The molecule has 0 atom stereocenters. The molecule has 19 heavy (non-hydrogen) atoms. The molecule has 2 rings (SSSR count). The SMILES string of the molecule is CNC(=O)c1ccc(Oc2cc(N)ccc2C)nn1. The fourth-order valence-electron chi connectivity index (χ4n) is 1.46. The third kappa shape index (κ3) is 2.98. The standard InChI is InChI=1S/C13H14N4O2/c1-8-3-4-9(14)7-11(8)19-12-6-5-10(16-17-12)13(18)15-2/h3-7H,14H2,1-2H3,(H,15,18). The molecule has 0 saturated heterocycles. The van der Waals surface area contributed by atoms with Gasteiger partial charge in [-0.2, -0.15) is 0 Å². The van der Waals surface area contributed by atoms with Gasteiger partial charge in [0, 0.05) is 24.9 Å². The van der Waals surface area contributed by atoms with Crippen molar-refractivity contribution in [1.82, 2.24) is 15.5 Å². The summed E-state index contributed by atoms with van der Waals surface area (Å²) in [4.78, 5) is 11.3. The van der Waals surface area contributed by atoms with E-state index in [1.165, 1.54) is 7.05 Å². The van der Waals surface area contributed by atoms with Crippen LogP contribution in [0.1, 0.15) is 16.1 Å². The summed E-state index contributed by atoms with van der Waals surface area (Å²) in [6.45, 7) is 1.90. The van der Waals surface area contributed by atoms with E-state index < -0.39 is 0 Å². The number of aryl methyl sites for hydroxylation is 1. The Balaban J connectivity index is 2.19. The highest BCUT2D eigenvalue weighted by atomic mass is 16.5. The Morgan fingerprint density at radius 2 is 2.05 bits per heavy atom. The highest BCUT2D eigenvalue weighted by molar-refractivity contribution is 5.91. The maximum Gasteiger partial charge on any atom is 0.271 e. The number of amides is 1. The maximum absolute atomic E-state index is 11.3. The molecule has 0 bridgehead atoms. The third-order valence-corrected chi connectivity index (χ3v) is 2.53. The number of aromatic nitrogens is 2. The normalized spacial score (nSPS) is 10.0. The van der Waals surface area contributed by atoms with Gasteiger partial charge in [-0.25, -0.2) is 0 Å². The topological polar surface area (TPSA) is 90.1 Å². The number of hydrogen-bond acceptors (Lipinski definition) is 5. The Kier molecular flexibility index (Phi) is 3.61. The first-order valence-corrected chi connectivity index (χ1v) is 5.70. The van der Waals surface area contributed by atoms with Crippen LogP contribution >= 0.6 is 0 Å². The van der Waals surface area contributed by atoms with Crippen LogP contribution in [-0.2, 0) is 0 Å². The van der Waals surface area contributed by atoms with Crippen LogP contribution in [0, 0.1) is 6.92 Å². The lowest BCUT2D eigenvalue weighted by Crippen LogP contribution is -2.19. The molecule has 0 aliphatic carbocycles. The Bertz CT molecular complexity index is 596. The molecule has 6 heteroatoms. The monoisotopic (exact) mass is 258 g/mol. The predicted octanol–water partition coefficient (Wildman–Crippen LogP) is 1.52. The second kappa shape index (κ2) is 5.34. The van der Waals surface area contributed by atoms with Crippen molar-refractivity contribution in [3.63, 3.8) is 0 Å². The highest BCUT2D eigenvalue weighted by Gasteiger charge is 2.07. The molecule has 0 saturated carbocycles. The smallest absolute Gasteiger partial charge is 0.271 e. The van der Waals surface area contributed by atoms with E-state index in [-0.39, 0.29) is 11.6 Å². The average molecular weight is 258 g/mol. The van der Waals surface area contributed by atoms with E-state index in [9.17, 15) is 4.79 Å². The lowest BCUT2D eigenvalue weighted by Gasteiger charge is -2.08. The van der Waals surface area contributed by atoms with Crippen LogP contribution in [0.4, 0.5) is 5.69 Å². The van der Waals surface area contributed by atoms with Gasteiger partial charge in [-0.15, -0.1) is 10.2 Å². The number of nitrogens with zero attached hydrogens (tertiary/aromatic N) is 2. The molecule has 6 nitrogen and oxygen atoms in total. The first-order valence-electron chi connectivity index (χ1n) is 5.70. The second-order valence-corrected chi connectivity index (χ2v) is 3.96. The Morgan fingerprint density at radius 3 is 2.68 bits per heavy atom. The Morgan fingerprint density at radius 1 is 1.26 bits per heavy atom. The van der Waals surface area contributed by atoms with E-state index >= 15 is 0 Å². The zero-order valence-electron chi connectivity index (χ0n) is 10.7. The number of carbonyl (C=O) groups excluding carboxylic acids is 1. The minimum Gasteiger partial charge on any atom is -0.437 e. The second-order valence-electron chi connectivity index (χ2n) is 3.96. The summed E-state index contributed by atoms with van der Waals surface area (Å²) in [6.07, 6.45) is 0. The van der Waals surface area contributed by atoms with E-state index in [1.807, 2.05) is 13.0 Å². The molecule has 2 aromatic rings. The number of hydrogen-bond donors (Lipinski definition) is 2. The van der Waals surface area contributed by atoms with Crippen molar-refractivity contribution in [2.45, 2.75) is 6.92 Å². The molecule has 0 aliphatic rings. The van der Waals surface area contributed by atoms with Crippen molar-refractivity contribution in [3.8, 4) is 11.6 Å². The van der Waals surface area contributed by atoms with Crippen molar-refractivity contribution in [2.75, 3.05) is 12.8 Å². The summed E-state index contributed by atoms with van der Waals surface area (Å²) in [5, 5.41) is 10.1. The molecule has 0 fully saturated rings. The van der Waals surface area contributed by atoms with Gasteiger partial charge >= 0.3 is 0 Å². The highest BCUT2D eigenvalue weighted by Crippen LogP contribution is 2.25. The van der Waals surface area contributed by atoms with Crippen LogP contribution in [0.15, 0.2) is 30.3 Å². The summed E-state index contributed by atoms with van der Waals surface area (Å²) >= 11 is 0. The molecule has 3 N–H and O–H groups in total. The van der Waals surface area contributed by atoms with E-state index in [2.05, 4.69) is 15.5 Å². The maximum atomic E-state index is 11.3. The summed E-state index contributed by atoms with van der Waals surface area (Å²) < 4.78 is 5.57.